The zero-order valence-electron chi connectivity index (χ0n) is 41.1. The Balaban J connectivity index is 0.00000219. The van der Waals surface area contributed by atoms with E-state index in [0.717, 1.165) is 25.2 Å². The Kier molecular flexibility index (Phi) is 24.0. The molecule has 0 aromatic rings. The summed E-state index contributed by atoms with van der Waals surface area (Å²) in [5, 5.41) is 45.3. The normalized spacial score (nSPS) is 41.9. The van der Waals surface area contributed by atoms with Crippen LogP contribution in [0.1, 0.15) is 87.5 Å². The van der Waals surface area contributed by atoms with Gasteiger partial charge in [-0.15, -0.1) is 0 Å². The van der Waals surface area contributed by atoms with Gasteiger partial charge in [0.05, 0.1) is 49.6 Å². The highest BCUT2D eigenvalue weighted by molar-refractivity contribution is 7.45. The van der Waals surface area contributed by atoms with Gasteiger partial charge in [-0.25, -0.2) is 4.57 Å². The number of likely N-dealkylation sites (N-methyl/N-ethyl adjacent to an activating group) is 1. The quantitative estimate of drug-likeness (QED) is 0.109. The van der Waals surface area contributed by atoms with Crippen LogP contribution in [0.15, 0.2) is 23.8 Å². The molecule has 4 aliphatic heterocycles. The number of nitrogens with zero attached hydrogens (tertiary/aromatic N) is 2. The van der Waals surface area contributed by atoms with Crippen LogP contribution in [-0.2, 0) is 47.3 Å². The Morgan fingerprint density at radius 3 is 1.95 bits per heavy atom. The summed E-state index contributed by atoms with van der Waals surface area (Å²) in [5.74, 6) is -1.46. The van der Waals surface area contributed by atoms with Gasteiger partial charge in [0.25, 0.3) is 0 Å². The van der Waals surface area contributed by atoms with Gasteiger partial charge in [0.15, 0.2) is 18.4 Å². The van der Waals surface area contributed by atoms with Gasteiger partial charge in [-0.2, -0.15) is 0 Å². The van der Waals surface area contributed by atoms with Crippen LogP contribution in [0.4, 0.5) is 0 Å². The van der Waals surface area contributed by atoms with E-state index in [4.69, 9.17) is 52.4 Å². The Morgan fingerprint density at radius 2 is 1.39 bits per heavy atom. The maximum atomic E-state index is 14.0. The van der Waals surface area contributed by atoms with Crippen molar-refractivity contribution in [3.8, 4) is 0 Å². The number of ether oxygens (including phenoxy) is 7. The minimum Gasteiger partial charge on any atom is -0.462 e. The first-order chi connectivity index (χ1) is 30.8. The smallest absolute Gasteiger partial charge is 0.462 e. The number of esters is 1. The molecule has 0 radical (unpaired) electrons. The highest BCUT2D eigenvalue weighted by Crippen LogP contribution is 2.36. The summed E-state index contributed by atoms with van der Waals surface area (Å²) in [6.45, 7) is 18.2. The van der Waals surface area contributed by atoms with E-state index in [9.17, 15) is 30.0 Å². The molecule has 4 heterocycles. The minimum atomic E-state index is -4.64. The zero-order chi connectivity index (χ0) is 49.8. The molecule has 4 rings (SSSR count). The van der Waals surface area contributed by atoms with Crippen molar-refractivity contribution in [1.82, 2.24) is 9.80 Å². The fourth-order valence-electron chi connectivity index (χ4n) is 10.0. The number of allylic oxidation sites excluding steroid dienone is 3. The Bertz CT molecular complexity index is 1580. The van der Waals surface area contributed by atoms with Crippen LogP contribution in [0, 0.1) is 35.5 Å². The summed E-state index contributed by atoms with van der Waals surface area (Å²) in [5.41, 5.74) is 0.761. The Morgan fingerprint density at radius 1 is 0.818 bits per heavy atom. The number of aliphatic hydroxyl groups excluding tert-OH is 4. The van der Waals surface area contributed by atoms with E-state index in [1.807, 2.05) is 33.8 Å². The molecule has 384 valence electrons. The van der Waals surface area contributed by atoms with E-state index in [2.05, 4.69) is 18.7 Å². The van der Waals surface area contributed by atoms with Gasteiger partial charge in [0, 0.05) is 45.1 Å². The van der Waals surface area contributed by atoms with E-state index in [0.29, 0.717) is 31.1 Å². The predicted molar refractivity (Wildman–Crippen MR) is 243 cm³/mol. The van der Waals surface area contributed by atoms with Gasteiger partial charge in [0.1, 0.15) is 30.5 Å². The number of methoxy groups -OCH3 is 2. The van der Waals surface area contributed by atoms with Crippen molar-refractivity contribution in [3.63, 3.8) is 0 Å². The summed E-state index contributed by atoms with van der Waals surface area (Å²) in [7, 11) is 1.90. The molecule has 3 saturated heterocycles. The molecule has 4 aliphatic rings. The second-order valence-corrected chi connectivity index (χ2v) is 20.5. The van der Waals surface area contributed by atoms with E-state index in [1.165, 1.54) is 20.6 Å². The van der Waals surface area contributed by atoms with E-state index in [1.54, 1.807) is 45.0 Å². The average molecular weight is 967 g/mol. The molecule has 7 N–H and O–H groups in total. The van der Waals surface area contributed by atoms with Crippen LogP contribution in [0.3, 0.4) is 0 Å². The van der Waals surface area contributed by atoms with Crippen LogP contribution in [-0.4, -0.2) is 191 Å². The molecule has 0 saturated carbocycles. The molecule has 66 heavy (non-hydrogen) atoms. The molecule has 19 atom stereocenters. The van der Waals surface area contributed by atoms with Crippen molar-refractivity contribution in [2.24, 2.45) is 35.5 Å². The number of ketones is 1. The highest BCUT2D eigenvalue weighted by Gasteiger charge is 2.48. The number of hydrogen-bond donors (Lipinski definition) is 7. The molecule has 3 fully saturated rings. The molecule has 0 aromatic heterocycles. The van der Waals surface area contributed by atoms with E-state index < -0.39 is 111 Å². The predicted octanol–water partition coefficient (Wildman–Crippen LogP) is 2.41. The van der Waals surface area contributed by atoms with Gasteiger partial charge >= 0.3 is 13.8 Å². The summed E-state index contributed by atoms with van der Waals surface area (Å²) in [6.07, 6.45) is -2.96. The number of phosphoric acid groups is 1. The maximum Gasteiger partial charge on any atom is 0.466 e. The lowest BCUT2D eigenvalue weighted by molar-refractivity contribution is -0.304. The Labute approximate surface area is 392 Å². The topological polar surface area (TPSA) is 264 Å². The fourth-order valence-corrected chi connectivity index (χ4v) is 10.0. The first kappa shape index (κ1) is 58.6. The fraction of sp³-hybridized carbons (Fsp3) is 0.870. The number of piperidine rings is 1. The molecule has 0 unspecified atom stereocenters. The van der Waals surface area contributed by atoms with Crippen molar-refractivity contribution in [3.05, 3.63) is 23.8 Å². The Hall–Kier alpha value is -1.75. The summed E-state index contributed by atoms with van der Waals surface area (Å²) >= 11 is 0. The molecule has 0 aliphatic carbocycles. The van der Waals surface area contributed by atoms with Gasteiger partial charge < -0.3 is 78.1 Å². The number of cyclic esters (lactones) is 1. The molecule has 20 heteroatoms. The average Bonchev–Trinajstić information content (AvgIpc) is 3.22. The molecule has 0 amide bonds. The second kappa shape index (κ2) is 27.0. The van der Waals surface area contributed by atoms with Crippen LogP contribution >= 0.6 is 7.82 Å². The first-order valence-corrected chi connectivity index (χ1v) is 25.0. The van der Waals surface area contributed by atoms with Crippen LogP contribution < -0.4 is 0 Å². The number of aliphatic hydroxyl groups is 4. The number of hydrogen-bond acceptors (Lipinski definition) is 16. The summed E-state index contributed by atoms with van der Waals surface area (Å²) in [4.78, 5) is 53.6. The van der Waals surface area contributed by atoms with Crippen molar-refractivity contribution in [2.75, 3.05) is 54.6 Å². The third kappa shape index (κ3) is 17.6. The van der Waals surface area contributed by atoms with Crippen molar-refractivity contribution >= 4 is 19.6 Å². The highest BCUT2D eigenvalue weighted by atomic mass is 31.2. The van der Waals surface area contributed by atoms with Crippen LogP contribution in [0.5, 0.6) is 0 Å². The first-order valence-electron chi connectivity index (χ1n) is 23.4. The van der Waals surface area contributed by atoms with Crippen LogP contribution in [0.2, 0.25) is 0 Å². The van der Waals surface area contributed by atoms with Gasteiger partial charge in [-0.05, 0) is 90.9 Å². The number of carbonyl (C=O) groups excluding carboxylic acids is 2. The van der Waals surface area contributed by atoms with Crippen molar-refractivity contribution < 1.29 is 82.4 Å². The maximum absolute atomic E-state index is 14.0. The molecular formula is C46H83N2O17P. The van der Waals surface area contributed by atoms with Crippen molar-refractivity contribution in [2.45, 2.75) is 167 Å². The van der Waals surface area contributed by atoms with Crippen molar-refractivity contribution in [1.29, 1.82) is 0 Å². The molecule has 0 spiro atoms. The third-order valence-corrected chi connectivity index (χ3v) is 13.5. The largest absolute Gasteiger partial charge is 0.466 e. The zero-order valence-corrected chi connectivity index (χ0v) is 42.0. The molecule has 19 nitrogen and oxygen atoms in total. The number of rotatable bonds is 12. The second-order valence-electron chi connectivity index (χ2n) is 19.5. The lowest BCUT2D eigenvalue weighted by atomic mass is 9.79. The molecule has 0 bridgehead atoms. The van der Waals surface area contributed by atoms with Gasteiger partial charge in [-0.3, -0.25) is 9.59 Å². The summed E-state index contributed by atoms with van der Waals surface area (Å²) in [6, 6.07) is -0.684. The molecular weight excluding hydrogens is 883 g/mol. The standard InChI is InChI=1S/C46H80N2O13.H3O4P/c1-13-36-33(24-57-46-44(56-12)43(55-11)40(53)31(8)59-46)19-25(2)14-15-34(49)28(5)20-32(16-17-48-22-26(3)18-27(4)23-48)42(29(6)35(50)21-37(51)60-36)61-45-41(54)38(47(9)10)39(52)30(7)58-45;1-5(2,3)4/h14-15,19,26-33,35-36,38-46,50,52-54H,13,16-18,20-24H2,1-12H3;(H3,1,2,3,4)/b15-14-,25-19-;/t26-,27+,28-,29+,30-,31-,32+,33-,35-,36-,38+,39-,40-,41-,42-,43-,44-,45+,46-;/m1./s1. The number of likely N-dealkylation sites (tertiary alicyclic amines) is 1. The SMILES string of the molecule is CC[C@H]1OC(=O)C[C@@H](O)[C@H](C)[C@@H](O[C@@H]2O[C@H](C)[C@@H](O)[C@H](N(C)C)[C@H]2O)[C@@H](CCN2C[C@H](C)C[C@H](C)C2)C[C@@H](C)C(=O)/C=C\C(C)=C/[C@@H]1CO[C@@H]1O[C@H](C)[C@@H](O)[C@@H](OC)[C@H]1OC.O=P(O)(O)O. The van der Waals surface area contributed by atoms with Gasteiger partial charge in [0.2, 0.25) is 0 Å². The third-order valence-electron chi connectivity index (χ3n) is 13.5. The van der Waals surface area contributed by atoms with E-state index >= 15 is 0 Å². The lowest BCUT2D eigenvalue weighted by Crippen LogP contribution is -2.63. The van der Waals surface area contributed by atoms with Crippen LogP contribution in [0.25, 0.3) is 0 Å². The lowest BCUT2D eigenvalue weighted by Gasteiger charge is -2.47. The monoisotopic (exact) mass is 967 g/mol. The number of carbonyl (C=O) groups is 2. The van der Waals surface area contributed by atoms with E-state index in [-0.39, 0.29) is 24.7 Å². The molecule has 0 aromatic carbocycles. The minimum absolute atomic E-state index is 0.0427. The van der Waals surface area contributed by atoms with Gasteiger partial charge in [-0.1, -0.05) is 52.3 Å². The summed E-state index contributed by atoms with van der Waals surface area (Å²) < 4.78 is 51.5.